The van der Waals surface area contributed by atoms with Crippen LogP contribution in [0.15, 0.2) is 36.5 Å². The summed E-state index contributed by atoms with van der Waals surface area (Å²) in [5.74, 6) is 0.120. The van der Waals surface area contributed by atoms with Crippen molar-refractivity contribution in [2.75, 3.05) is 42.9 Å². The number of benzene rings is 1. The third-order valence-corrected chi connectivity index (χ3v) is 6.34. The molecule has 1 amide bonds. The predicted octanol–water partition coefficient (Wildman–Crippen LogP) is 1.55. The first-order valence-electron chi connectivity index (χ1n) is 8.60. The number of anilines is 3. The normalized spacial score (nSPS) is 18.1. The van der Waals surface area contributed by atoms with Gasteiger partial charge in [0.05, 0.1) is 11.5 Å². The second-order valence-corrected chi connectivity index (χ2v) is 9.03. The van der Waals surface area contributed by atoms with Crippen molar-refractivity contribution in [2.24, 2.45) is 0 Å². The number of hydrogen-bond donors (Lipinski definition) is 1. The van der Waals surface area contributed by atoms with E-state index in [0.29, 0.717) is 12.4 Å². The number of amides is 1. The third kappa shape index (κ3) is 4.54. The summed E-state index contributed by atoms with van der Waals surface area (Å²) in [6.45, 7) is 0. The number of sulfone groups is 1. The molecule has 0 bridgehead atoms. The van der Waals surface area contributed by atoms with Crippen LogP contribution in [0.2, 0.25) is 0 Å². The number of hydrogen-bond acceptors (Lipinski definition) is 7. The standard InChI is InChI=1S/C18H23N5O3S/c1-22(2)14-6-4-13(5-7-14)20-18-19-10-8-16(21-18)17(24)23(3)15-9-11-27(25,26)12-15/h4-8,10,15H,9,11-12H2,1-3H3,(H,19,20,21). The van der Waals surface area contributed by atoms with Crippen LogP contribution in [0.1, 0.15) is 16.9 Å². The second kappa shape index (κ2) is 7.51. The van der Waals surface area contributed by atoms with Gasteiger partial charge < -0.3 is 15.1 Å². The Bertz CT molecular complexity index is 928. The highest BCUT2D eigenvalue weighted by molar-refractivity contribution is 7.91. The lowest BCUT2D eigenvalue weighted by Gasteiger charge is -2.23. The number of nitrogens with one attached hydrogen (secondary N) is 1. The van der Waals surface area contributed by atoms with Crippen molar-refractivity contribution in [3.05, 3.63) is 42.2 Å². The minimum atomic E-state index is -3.06. The SMILES string of the molecule is CN(C)c1ccc(Nc2nccc(C(=O)N(C)C3CCS(=O)(=O)C3)n2)cc1. The van der Waals surface area contributed by atoms with E-state index in [4.69, 9.17) is 0 Å². The van der Waals surface area contributed by atoms with Gasteiger partial charge in [0.2, 0.25) is 5.95 Å². The first-order chi connectivity index (χ1) is 12.7. The van der Waals surface area contributed by atoms with Crippen molar-refractivity contribution >= 4 is 33.1 Å². The Morgan fingerprint density at radius 3 is 2.44 bits per heavy atom. The highest BCUT2D eigenvalue weighted by atomic mass is 32.2. The van der Waals surface area contributed by atoms with Gasteiger partial charge in [-0.15, -0.1) is 0 Å². The maximum atomic E-state index is 12.7. The van der Waals surface area contributed by atoms with Crippen molar-refractivity contribution in [1.29, 1.82) is 0 Å². The smallest absolute Gasteiger partial charge is 0.272 e. The maximum Gasteiger partial charge on any atom is 0.272 e. The van der Waals surface area contributed by atoms with E-state index in [1.54, 1.807) is 7.05 Å². The number of nitrogens with zero attached hydrogens (tertiary/aromatic N) is 4. The number of aromatic nitrogens is 2. The van der Waals surface area contributed by atoms with Crippen LogP contribution < -0.4 is 10.2 Å². The molecule has 8 nitrogen and oxygen atoms in total. The molecule has 0 aliphatic carbocycles. The number of rotatable bonds is 5. The fourth-order valence-corrected chi connectivity index (χ4v) is 4.71. The van der Waals surface area contributed by atoms with Gasteiger partial charge in [-0.05, 0) is 36.8 Å². The molecule has 1 aliphatic rings. The van der Waals surface area contributed by atoms with Crippen LogP contribution in [0.3, 0.4) is 0 Å². The van der Waals surface area contributed by atoms with Gasteiger partial charge in [0.25, 0.3) is 5.91 Å². The summed E-state index contributed by atoms with van der Waals surface area (Å²) in [7, 11) is 2.49. The fourth-order valence-electron chi connectivity index (χ4n) is 2.94. The Hall–Kier alpha value is -2.68. The third-order valence-electron chi connectivity index (χ3n) is 4.59. The van der Waals surface area contributed by atoms with Crippen LogP contribution in [-0.2, 0) is 9.84 Å². The molecule has 3 rings (SSSR count). The Balaban J connectivity index is 1.72. The largest absolute Gasteiger partial charge is 0.378 e. The number of carbonyl (C=O) groups is 1. The average Bonchev–Trinajstić information content (AvgIpc) is 3.01. The molecule has 1 N–H and O–H groups in total. The van der Waals surface area contributed by atoms with Crippen LogP contribution in [-0.4, -0.2) is 67.9 Å². The predicted molar refractivity (Wildman–Crippen MR) is 105 cm³/mol. The lowest BCUT2D eigenvalue weighted by atomic mass is 10.2. The first-order valence-corrected chi connectivity index (χ1v) is 10.4. The molecule has 0 saturated carbocycles. The Morgan fingerprint density at radius 1 is 1.15 bits per heavy atom. The van der Waals surface area contributed by atoms with Crippen molar-refractivity contribution in [3.63, 3.8) is 0 Å². The number of carbonyl (C=O) groups excluding carboxylic acids is 1. The molecule has 27 heavy (non-hydrogen) atoms. The molecular weight excluding hydrogens is 366 g/mol. The lowest BCUT2D eigenvalue weighted by Crippen LogP contribution is -2.38. The lowest BCUT2D eigenvalue weighted by molar-refractivity contribution is 0.0741. The molecule has 1 unspecified atom stereocenters. The Labute approximate surface area is 159 Å². The molecule has 1 aromatic heterocycles. The topological polar surface area (TPSA) is 95.5 Å². The van der Waals surface area contributed by atoms with Crippen molar-refractivity contribution < 1.29 is 13.2 Å². The molecule has 1 atom stereocenters. The van der Waals surface area contributed by atoms with Crippen LogP contribution in [0, 0.1) is 0 Å². The highest BCUT2D eigenvalue weighted by Crippen LogP contribution is 2.20. The maximum absolute atomic E-state index is 12.7. The van der Waals surface area contributed by atoms with Gasteiger partial charge in [-0.3, -0.25) is 4.79 Å². The summed E-state index contributed by atoms with van der Waals surface area (Å²) in [6.07, 6.45) is 1.97. The zero-order chi connectivity index (χ0) is 19.6. The van der Waals surface area contributed by atoms with Crippen LogP contribution in [0.25, 0.3) is 0 Å². The van der Waals surface area contributed by atoms with E-state index in [2.05, 4.69) is 15.3 Å². The van der Waals surface area contributed by atoms with Crippen molar-refractivity contribution in [1.82, 2.24) is 14.9 Å². The molecule has 0 radical (unpaired) electrons. The van der Waals surface area contributed by atoms with E-state index in [1.165, 1.54) is 17.2 Å². The minimum Gasteiger partial charge on any atom is -0.378 e. The Morgan fingerprint density at radius 2 is 1.85 bits per heavy atom. The quantitative estimate of drug-likeness (QED) is 0.829. The van der Waals surface area contributed by atoms with E-state index < -0.39 is 9.84 Å². The van der Waals surface area contributed by atoms with Crippen LogP contribution in [0.5, 0.6) is 0 Å². The molecule has 2 aromatic rings. The molecule has 144 valence electrons. The van der Waals surface area contributed by atoms with Crippen molar-refractivity contribution in [3.8, 4) is 0 Å². The van der Waals surface area contributed by atoms with E-state index in [0.717, 1.165) is 11.4 Å². The molecule has 1 aromatic carbocycles. The Kier molecular flexibility index (Phi) is 5.31. The zero-order valence-corrected chi connectivity index (χ0v) is 16.4. The molecule has 1 fully saturated rings. The molecular formula is C18H23N5O3S. The zero-order valence-electron chi connectivity index (χ0n) is 15.6. The van der Waals surface area contributed by atoms with Gasteiger partial charge in [-0.25, -0.2) is 18.4 Å². The second-order valence-electron chi connectivity index (χ2n) is 6.80. The summed E-state index contributed by atoms with van der Waals surface area (Å²) < 4.78 is 23.3. The summed E-state index contributed by atoms with van der Waals surface area (Å²) in [4.78, 5) is 24.6. The van der Waals surface area contributed by atoms with E-state index >= 15 is 0 Å². The molecule has 2 heterocycles. The van der Waals surface area contributed by atoms with Crippen molar-refractivity contribution in [2.45, 2.75) is 12.5 Å². The highest BCUT2D eigenvalue weighted by Gasteiger charge is 2.33. The summed E-state index contributed by atoms with van der Waals surface area (Å²) in [5, 5.41) is 3.08. The summed E-state index contributed by atoms with van der Waals surface area (Å²) in [5.41, 5.74) is 2.10. The fraction of sp³-hybridized carbons (Fsp3) is 0.389. The van der Waals surface area contributed by atoms with Gasteiger partial charge in [-0.2, -0.15) is 0 Å². The average molecular weight is 389 g/mol. The molecule has 1 aliphatic heterocycles. The van der Waals surface area contributed by atoms with Gasteiger partial charge in [0.1, 0.15) is 5.69 Å². The van der Waals surface area contributed by atoms with Gasteiger partial charge in [-0.1, -0.05) is 0 Å². The first kappa shape index (κ1) is 19.1. The van der Waals surface area contributed by atoms with E-state index in [1.807, 2.05) is 43.3 Å². The minimum absolute atomic E-state index is 0.00363. The molecule has 0 spiro atoms. The van der Waals surface area contributed by atoms with E-state index in [9.17, 15) is 13.2 Å². The van der Waals surface area contributed by atoms with Gasteiger partial charge >= 0.3 is 0 Å². The molecule has 9 heteroatoms. The van der Waals surface area contributed by atoms with E-state index in [-0.39, 0.29) is 29.1 Å². The molecule has 1 saturated heterocycles. The monoisotopic (exact) mass is 389 g/mol. The van der Waals surface area contributed by atoms with Crippen LogP contribution in [0.4, 0.5) is 17.3 Å². The summed E-state index contributed by atoms with van der Waals surface area (Å²) >= 11 is 0. The van der Waals surface area contributed by atoms with Crippen LogP contribution >= 0.6 is 0 Å². The summed E-state index contributed by atoms with van der Waals surface area (Å²) in [6, 6.07) is 8.96. The van der Waals surface area contributed by atoms with Gasteiger partial charge in [0.15, 0.2) is 9.84 Å². The van der Waals surface area contributed by atoms with Gasteiger partial charge in [0, 0.05) is 44.8 Å².